The zero-order valence-corrected chi connectivity index (χ0v) is 19.0. The molecule has 1 fully saturated rings. The largest absolute Gasteiger partial charge is 0.342 e. The molecule has 1 aliphatic carbocycles. The van der Waals surface area contributed by atoms with Gasteiger partial charge in [0.2, 0.25) is 17.6 Å². The molecule has 0 saturated carbocycles. The van der Waals surface area contributed by atoms with Gasteiger partial charge in [-0.3, -0.25) is 10.1 Å². The number of halogens is 1. The Balaban J connectivity index is 1.48. The monoisotopic (exact) mass is 470 g/mol. The van der Waals surface area contributed by atoms with Crippen LogP contribution >= 0.6 is 11.3 Å². The first-order valence-corrected chi connectivity index (χ1v) is 11.6. The van der Waals surface area contributed by atoms with Crippen LogP contribution in [0.5, 0.6) is 0 Å². The Hall–Kier alpha value is -3.34. The normalized spacial score (nSPS) is 21.4. The predicted molar refractivity (Wildman–Crippen MR) is 119 cm³/mol. The van der Waals surface area contributed by atoms with Gasteiger partial charge < -0.3 is 14.7 Å². The van der Waals surface area contributed by atoms with Crippen LogP contribution in [-0.2, 0) is 11.2 Å². The molecular formula is C22H23FN6O3S. The van der Waals surface area contributed by atoms with Gasteiger partial charge in [0.15, 0.2) is 5.13 Å². The van der Waals surface area contributed by atoms with Gasteiger partial charge in [0.05, 0.1) is 11.6 Å². The third kappa shape index (κ3) is 4.08. The summed E-state index contributed by atoms with van der Waals surface area (Å²) in [6.45, 7) is 5.03. The van der Waals surface area contributed by atoms with E-state index in [0.717, 1.165) is 10.6 Å². The van der Waals surface area contributed by atoms with E-state index in [0.29, 0.717) is 48.5 Å². The van der Waals surface area contributed by atoms with Gasteiger partial charge in [-0.25, -0.2) is 14.2 Å². The Kier molecular flexibility index (Phi) is 5.57. The standard InChI is InChI=1S/C22H23FN6O3S/c1-3-24-21(31)27-22-25-16-8-13-9-29(11(2)30)10-15(18(16)33-22)17(13)20-26-19(28-32-20)12-4-6-14(23)7-5-12/h4-7,13,15,17H,3,8-10H2,1-2H3,(H2,24,25,27,31). The van der Waals surface area contributed by atoms with Gasteiger partial charge in [0, 0.05) is 42.9 Å². The van der Waals surface area contributed by atoms with Crippen LogP contribution < -0.4 is 10.6 Å². The van der Waals surface area contributed by atoms with Crippen molar-refractivity contribution in [3.63, 3.8) is 0 Å². The molecule has 1 aromatic carbocycles. The lowest BCUT2D eigenvalue weighted by atomic mass is 9.70. The molecule has 2 N–H and O–H groups in total. The number of anilines is 1. The van der Waals surface area contributed by atoms with Crippen molar-refractivity contribution in [1.29, 1.82) is 0 Å². The lowest BCUT2D eigenvalue weighted by molar-refractivity contribution is -0.131. The Bertz CT molecular complexity index is 1190. The molecule has 2 aliphatic rings. The Labute approximate surface area is 193 Å². The SMILES string of the molecule is CCNC(=O)Nc1nc2c(s1)C1CN(C(C)=O)CC(C2)C1c1nc(-c2ccc(F)cc2)no1. The van der Waals surface area contributed by atoms with Crippen LogP contribution in [0, 0.1) is 11.7 Å². The lowest BCUT2D eigenvalue weighted by Gasteiger charge is -2.44. The van der Waals surface area contributed by atoms with E-state index in [1.54, 1.807) is 19.1 Å². The van der Waals surface area contributed by atoms with Gasteiger partial charge in [-0.05, 0) is 43.5 Å². The van der Waals surface area contributed by atoms with Crippen molar-refractivity contribution in [1.82, 2.24) is 25.3 Å². The van der Waals surface area contributed by atoms with Gasteiger partial charge >= 0.3 is 6.03 Å². The number of urea groups is 1. The summed E-state index contributed by atoms with van der Waals surface area (Å²) in [5.74, 6) is 0.511. The molecule has 3 unspecified atom stereocenters. The summed E-state index contributed by atoms with van der Waals surface area (Å²) in [6.07, 6.45) is 0.641. The number of carbonyl (C=O) groups excluding carboxylic acids is 2. The van der Waals surface area contributed by atoms with Crippen LogP contribution in [0.1, 0.15) is 42.1 Å². The summed E-state index contributed by atoms with van der Waals surface area (Å²) < 4.78 is 19.0. The van der Waals surface area contributed by atoms with E-state index in [4.69, 9.17) is 4.52 Å². The van der Waals surface area contributed by atoms with E-state index in [9.17, 15) is 14.0 Å². The van der Waals surface area contributed by atoms with E-state index < -0.39 is 0 Å². The molecule has 3 aromatic rings. The summed E-state index contributed by atoms with van der Waals surface area (Å²) in [5, 5.41) is 10.2. The highest BCUT2D eigenvalue weighted by Crippen LogP contribution is 2.51. The Morgan fingerprint density at radius 2 is 2.03 bits per heavy atom. The number of likely N-dealkylation sites (tertiary alicyclic amines) is 1. The molecule has 3 heterocycles. The highest BCUT2D eigenvalue weighted by molar-refractivity contribution is 7.16. The summed E-state index contributed by atoms with van der Waals surface area (Å²) in [5.41, 5.74) is 1.61. The highest BCUT2D eigenvalue weighted by Gasteiger charge is 2.48. The van der Waals surface area contributed by atoms with Crippen molar-refractivity contribution in [2.75, 3.05) is 25.0 Å². The second-order valence-electron chi connectivity index (χ2n) is 8.30. The number of fused-ring (bicyclic) bond motifs is 4. The minimum atomic E-state index is -0.330. The topological polar surface area (TPSA) is 113 Å². The maximum Gasteiger partial charge on any atom is 0.321 e. The molecule has 9 nitrogen and oxygen atoms in total. The highest BCUT2D eigenvalue weighted by atomic mass is 32.1. The van der Waals surface area contributed by atoms with E-state index in [2.05, 4.69) is 25.8 Å². The van der Waals surface area contributed by atoms with E-state index in [-0.39, 0.29) is 35.5 Å². The van der Waals surface area contributed by atoms with Gasteiger partial charge in [-0.2, -0.15) is 4.98 Å². The number of hydrogen-bond acceptors (Lipinski definition) is 7. The number of thiazole rings is 1. The number of nitrogens with zero attached hydrogens (tertiary/aromatic N) is 4. The van der Waals surface area contributed by atoms with Crippen molar-refractivity contribution in [2.45, 2.75) is 32.1 Å². The summed E-state index contributed by atoms with van der Waals surface area (Å²) in [4.78, 5) is 36.3. The molecule has 172 valence electrons. The fourth-order valence-electron chi connectivity index (χ4n) is 4.71. The van der Waals surface area contributed by atoms with E-state index in [1.807, 2.05) is 11.8 Å². The first-order valence-electron chi connectivity index (χ1n) is 10.8. The van der Waals surface area contributed by atoms with Crippen molar-refractivity contribution in [2.24, 2.45) is 5.92 Å². The number of hydrogen-bond donors (Lipinski definition) is 2. The fraction of sp³-hybridized carbons (Fsp3) is 0.409. The predicted octanol–water partition coefficient (Wildman–Crippen LogP) is 3.38. The molecule has 0 radical (unpaired) electrons. The molecule has 2 aromatic heterocycles. The van der Waals surface area contributed by atoms with Crippen LogP contribution in [0.2, 0.25) is 0 Å². The molecule has 3 amide bonds. The molecule has 5 rings (SSSR count). The number of nitrogens with one attached hydrogen (secondary N) is 2. The molecular weight excluding hydrogens is 447 g/mol. The van der Waals surface area contributed by atoms with Crippen LogP contribution in [0.25, 0.3) is 11.4 Å². The van der Waals surface area contributed by atoms with Crippen molar-refractivity contribution in [3.8, 4) is 11.4 Å². The van der Waals surface area contributed by atoms with E-state index >= 15 is 0 Å². The number of amides is 3. The van der Waals surface area contributed by atoms with Gasteiger partial charge in [0.1, 0.15) is 5.82 Å². The quantitative estimate of drug-likeness (QED) is 0.604. The van der Waals surface area contributed by atoms with Crippen LogP contribution in [0.4, 0.5) is 14.3 Å². The van der Waals surface area contributed by atoms with Crippen LogP contribution in [0.15, 0.2) is 28.8 Å². The Morgan fingerprint density at radius 3 is 2.76 bits per heavy atom. The molecule has 33 heavy (non-hydrogen) atoms. The number of benzene rings is 1. The third-order valence-corrected chi connectivity index (χ3v) is 7.31. The second kappa shape index (κ2) is 8.54. The summed E-state index contributed by atoms with van der Waals surface area (Å²) >= 11 is 1.42. The first-order chi connectivity index (χ1) is 15.9. The summed E-state index contributed by atoms with van der Waals surface area (Å²) in [6, 6.07) is 5.65. The van der Waals surface area contributed by atoms with Crippen molar-refractivity contribution in [3.05, 3.63) is 46.5 Å². The van der Waals surface area contributed by atoms with Crippen LogP contribution in [0.3, 0.4) is 0 Å². The zero-order chi connectivity index (χ0) is 23.1. The third-order valence-electron chi connectivity index (χ3n) is 6.17. The fourth-order valence-corrected chi connectivity index (χ4v) is 5.84. The molecule has 1 saturated heterocycles. The smallest absolute Gasteiger partial charge is 0.321 e. The second-order valence-corrected chi connectivity index (χ2v) is 9.33. The van der Waals surface area contributed by atoms with Crippen LogP contribution in [-0.4, -0.2) is 51.6 Å². The van der Waals surface area contributed by atoms with E-state index in [1.165, 1.54) is 23.5 Å². The number of rotatable bonds is 4. The molecule has 2 bridgehead atoms. The average Bonchev–Trinajstić information content (AvgIpc) is 3.41. The summed E-state index contributed by atoms with van der Waals surface area (Å²) in [7, 11) is 0. The minimum Gasteiger partial charge on any atom is -0.342 e. The zero-order valence-electron chi connectivity index (χ0n) is 18.2. The maximum atomic E-state index is 13.3. The van der Waals surface area contributed by atoms with Gasteiger partial charge in [-0.15, -0.1) is 11.3 Å². The van der Waals surface area contributed by atoms with Crippen molar-refractivity contribution >= 4 is 28.4 Å². The molecule has 1 aliphatic heterocycles. The van der Waals surface area contributed by atoms with Crippen molar-refractivity contribution < 1.29 is 18.5 Å². The molecule has 0 spiro atoms. The molecule has 3 atom stereocenters. The lowest BCUT2D eigenvalue weighted by Crippen LogP contribution is -2.49. The first kappa shape index (κ1) is 21.5. The minimum absolute atomic E-state index is 0.0228. The number of aromatic nitrogens is 3. The average molecular weight is 471 g/mol. The van der Waals surface area contributed by atoms with Gasteiger partial charge in [0.25, 0.3) is 0 Å². The maximum absolute atomic E-state index is 13.3. The Morgan fingerprint density at radius 1 is 1.24 bits per heavy atom. The van der Waals surface area contributed by atoms with Gasteiger partial charge in [-0.1, -0.05) is 5.16 Å². The number of carbonyl (C=O) groups is 2. The molecule has 11 heteroatoms. The number of piperidine rings is 1.